The molecule has 0 radical (unpaired) electrons. The number of allylic oxidation sites excluding steroid dienone is 8. The van der Waals surface area contributed by atoms with E-state index in [-0.39, 0.29) is 5.41 Å². The number of hydrogen-bond acceptors (Lipinski definition) is 2. The maximum atomic E-state index is 4.83. The van der Waals surface area contributed by atoms with Crippen LogP contribution in [0.2, 0.25) is 0 Å². The smallest absolute Gasteiger partial charge is 0.0773 e. The second-order valence-electron chi connectivity index (χ2n) is 5.98. The van der Waals surface area contributed by atoms with Crippen LogP contribution in [-0.2, 0) is 0 Å². The minimum Gasteiger partial charge on any atom is -0.247 e. The van der Waals surface area contributed by atoms with Gasteiger partial charge in [-0.25, -0.2) is 4.99 Å². The summed E-state index contributed by atoms with van der Waals surface area (Å²) in [5, 5.41) is 0. The van der Waals surface area contributed by atoms with Crippen molar-refractivity contribution in [2.45, 2.75) is 27.2 Å². The molecule has 0 aromatic rings. The summed E-state index contributed by atoms with van der Waals surface area (Å²) in [6, 6.07) is 0. The predicted octanol–water partition coefficient (Wildman–Crippen LogP) is 5.02. The summed E-state index contributed by atoms with van der Waals surface area (Å²) >= 11 is 1.85. The predicted molar refractivity (Wildman–Crippen MR) is 85.1 cm³/mol. The second kappa shape index (κ2) is 4.68. The van der Waals surface area contributed by atoms with Crippen molar-refractivity contribution in [2.75, 3.05) is 0 Å². The first kappa shape index (κ1) is 12.7. The van der Waals surface area contributed by atoms with Crippen LogP contribution in [0.15, 0.2) is 63.0 Å². The van der Waals surface area contributed by atoms with Crippen molar-refractivity contribution in [1.29, 1.82) is 0 Å². The van der Waals surface area contributed by atoms with E-state index in [0.717, 1.165) is 17.8 Å². The summed E-state index contributed by atoms with van der Waals surface area (Å²) in [4.78, 5) is 7.39. The summed E-state index contributed by atoms with van der Waals surface area (Å²) in [7, 11) is 0. The molecule has 98 valence electrons. The zero-order valence-electron chi connectivity index (χ0n) is 11.7. The molecule has 1 aliphatic heterocycles. The fraction of sp³-hybridized carbons (Fsp3) is 0.353. The molecule has 0 amide bonds. The van der Waals surface area contributed by atoms with E-state index in [9.17, 15) is 0 Å². The molecule has 0 saturated carbocycles. The lowest BCUT2D eigenvalue weighted by Crippen LogP contribution is -2.02. The molecule has 1 atom stereocenters. The van der Waals surface area contributed by atoms with Crippen LogP contribution in [0, 0.1) is 11.3 Å². The lowest BCUT2D eigenvalue weighted by atomic mass is 9.93. The Bertz CT molecular complexity index is 582. The third kappa shape index (κ3) is 2.69. The number of hydrogen-bond donors (Lipinski definition) is 0. The highest BCUT2D eigenvalue weighted by atomic mass is 32.2. The molecular weight excluding hydrogens is 250 g/mol. The molecule has 3 rings (SSSR count). The van der Waals surface area contributed by atoms with Crippen molar-refractivity contribution < 1.29 is 0 Å². The Labute approximate surface area is 119 Å². The van der Waals surface area contributed by atoms with Crippen LogP contribution in [0.5, 0.6) is 0 Å². The monoisotopic (exact) mass is 269 g/mol. The van der Waals surface area contributed by atoms with Crippen molar-refractivity contribution in [3.05, 3.63) is 58.0 Å². The van der Waals surface area contributed by atoms with E-state index >= 15 is 0 Å². The number of nitrogens with zero attached hydrogens (tertiary/aromatic N) is 1. The normalized spacial score (nSPS) is 28.1. The fourth-order valence-corrected chi connectivity index (χ4v) is 3.22. The van der Waals surface area contributed by atoms with Crippen LogP contribution >= 0.6 is 11.8 Å². The zero-order chi connectivity index (χ0) is 13.5. The maximum absolute atomic E-state index is 4.83. The van der Waals surface area contributed by atoms with Crippen LogP contribution in [-0.4, -0.2) is 5.71 Å². The highest BCUT2D eigenvalue weighted by Gasteiger charge is 2.21. The lowest BCUT2D eigenvalue weighted by molar-refractivity contribution is 0.627. The van der Waals surface area contributed by atoms with Gasteiger partial charge in [0.05, 0.1) is 11.4 Å². The lowest BCUT2D eigenvalue weighted by Gasteiger charge is -2.15. The average molecular weight is 269 g/mol. The molecule has 0 aromatic heterocycles. The van der Waals surface area contributed by atoms with Crippen LogP contribution in [0.1, 0.15) is 27.2 Å². The summed E-state index contributed by atoms with van der Waals surface area (Å²) in [5.74, 6) is 0.603. The third-order valence-corrected chi connectivity index (χ3v) is 4.72. The van der Waals surface area contributed by atoms with Gasteiger partial charge in [0.1, 0.15) is 0 Å². The molecule has 0 saturated heterocycles. The molecule has 1 heterocycles. The molecule has 0 N–H and O–H groups in total. The number of aliphatic imine (C=N–C) groups is 1. The van der Waals surface area contributed by atoms with E-state index in [0.29, 0.717) is 5.92 Å². The Morgan fingerprint density at radius 3 is 2.84 bits per heavy atom. The summed E-state index contributed by atoms with van der Waals surface area (Å²) in [5.41, 5.74) is 2.32. The van der Waals surface area contributed by atoms with E-state index in [1.54, 1.807) is 0 Å². The van der Waals surface area contributed by atoms with Crippen molar-refractivity contribution >= 4 is 17.5 Å². The fourth-order valence-electron chi connectivity index (χ4n) is 2.23. The Balaban J connectivity index is 2.02. The average Bonchev–Trinajstić information content (AvgIpc) is 2.64. The quantitative estimate of drug-likeness (QED) is 0.601. The zero-order valence-corrected chi connectivity index (χ0v) is 12.5. The Hall–Kier alpha value is -1.28. The van der Waals surface area contributed by atoms with Crippen molar-refractivity contribution in [2.24, 2.45) is 16.3 Å². The Morgan fingerprint density at radius 1 is 1.21 bits per heavy atom. The van der Waals surface area contributed by atoms with Crippen LogP contribution in [0.25, 0.3) is 0 Å². The largest absolute Gasteiger partial charge is 0.247 e. The standard InChI is InChI=1S/C17H19NS/c1-12-4-6-13-15(7-5-12)19-16-9-11-17(2,3)10-8-14(16)18-13/h4,6-12H,5H2,1-3H3. The van der Waals surface area contributed by atoms with Gasteiger partial charge >= 0.3 is 0 Å². The molecule has 2 heteroatoms. The van der Waals surface area contributed by atoms with Crippen molar-refractivity contribution in [1.82, 2.24) is 0 Å². The van der Waals surface area contributed by atoms with E-state index in [2.05, 4.69) is 63.3 Å². The third-order valence-electron chi connectivity index (χ3n) is 3.56. The van der Waals surface area contributed by atoms with Gasteiger partial charge in [-0.3, -0.25) is 0 Å². The highest BCUT2D eigenvalue weighted by molar-refractivity contribution is 8.07. The summed E-state index contributed by atoms with van der Waals surface area (Å²) in [6.07, 6.45) is 16.7. The van der Waals surface area contributed by atoms with Crippen molar-refractivity contribution in [3.8, 4) is 0 Å². The first-order chi connectivity index (χ1) is 9.03. The highest BCUT2D eigenvalue weighted by Crippen LogP contribution is 2.40. The molecular formula is C17H19NS. The number of fused-ring (bicyclic) bond motifs is 1. The maximum Gasteiger partial charge on any atom is 0.0773 e. The minimum absolute atomic E-state index is 0.110. The van der Waals surface area contributed by atoms with Gasteiger partial charge in [-0.15, -0.1) is 0 Å². The molecule has 1 unspecified atom stereocenters. The minimum atomic E-state index is 0.110. The number of rotatable bonds is 0. The van der Waals surface area contributed by atoms with Gasteiger partial charge in [-0.1, -0.05) is 56.8 Å². The molecule has 2 aliphatic carbocycles. The molecule has 3 aliphatic rings. The van der Waals surface area contributed by atoms with Gasteiger partial charge in [-0.2, -0.15) is 0 Å². The van der Waals surface area contributed by atoms with E-state index < -0.39 is 0 Å². The molecule has 0 spiro atoms. The second-order valence-corrected chi connectivity index (χ2v) is 7.06. The van der Waals surface area contributed by atoms with Gasteiger partial charge in [-0.05, 0) is 30.6 Å². The first-order valence-corrected chi connectivity index (χ1v) is 7.63. The summed E-state index contributed by atoms with van der Waals surface area (Å²) in [6.45, 7) is 6.68. The topological polar surface area (TPSA) is 12.4 Å². The molecule has 0 aromatic carbocycles. The number of thioether (sulfide) groups is 1. The van der Waals surface area contributed by atoms with Gasteiger partial charge in [0.2, 0.25) is 0 Å². The van der Waals surface area contributed by atoms with Crippen LogP contribution < -0.4 is 0 Å². The SMILES string of the molecule is CC1C=CC2=NC3=C(C=CC(C)(C)C=C3)SC2=CC1. The van der Waals surface area contributed by atoms with Crippen molar-refractivity contribution in [3.63, 3.8) is 0 Å². The molecule has 19 heavy (non-hydrogen) atoms. The molecule has 1 nitrogen and oxygen atoms in total. The van der Waals surface area contributed by atoms with Gasteiger partial charge in [0.15, 0.2) is 0 Å². The van der Waals surface area contributed by atoms with E-state index in [4.69, 9.17) is 4.99 Å². The van der Waals surface area contributed by atoms with E-state index in [1.165, 1.54) is 9.81 Å². The van der Waals surface area contributed by atoms with Crippen LogP contribution in [0.3, 0.4) is 0 Å². The Kier molecular flexibility index (Phi) is 3.14. The van der Waals surface area contributed by atoms with E-state index in [1.807, 2.05) is 11.8 Å². The van der Waals surface area contributed by atoms with Gasteiger partial charge in [0, 0.05) is 15.2 Å². The van der Waals surface area contributed by atoms with Gasteiger partial charge in [0.25, 0.3) is 0 Å². The molecule has 0 fully saturated rings. The Morgan fingerprint density at radius 2 is 2.00 bits per heavy atom. The van der Waals surface area contributed by atoms with Gasteiger partial charge < -0.3 is 0 Å². The summed E-state index contributed by atoms with van der Waals surface area (Å²) < 4.78 is 0. The van der Waals surface area contributed by atoms with Crippen LogP contribution in [0.4, 0.5) is 0 Å². The molecule has 0 bridgehead atoms. The first-order valence-electron chi connectivity index (χ1n) is 6.81.